The zero-order chi connectivity index (χ0) is 14.0. The standard InChI is InChI=1S/C14H28N2O2/c1-13(2,3)10-16(4)12(17)11-5-7-14(18,9-15)8-6-11/h11,18H,5-10,15H2,1-4H3. The van der Waals surface area contributed by atoms with Gasteiger partial charge in [0.2, 0.25) is 5.91 Å². The minimum absolute atomic E-state index is 0.0594. The van der Waals surface area contributed by atoms with E-state index in [9.17, 15) is 9.90 Å². The molecule has 0 spiro atoms. The summed E-state index contributed by atoms with van der Waals surface area (Å²) >= 11 is 0. The Morgan fingerprint density at radius 1 is 1.39 bits per heavy atom. The van der Waals surface area contributed by atoms with Gasteiger partial charge in [-0.05, 0) is 31.1 Å². The van der Waals surface area contributed by atoms with Gasteiger partial charge in [0.05, 0.1) is 5.60 Å². The minimum Gasteiger partial charge on any atom is -0.389 e. The summed E-state index contributed by atoms with van der Waals surface area (Å²) in [7, 11) is 1.87. The van der Waals surface area contributed by atoms with E-state index in [1.807, 2.05) is 11.9 Å². The van der Waals surface area contributed by atoms with Crippen LogP contribution < -0.4 is 5.73 Å². The van der Waals surface area contributed by atoms with Crippen molar-refractivity contribution in [3.63, 3.8) is 0 Å². The molecule has 0 heterocycles. The van der Waals surface area contributed by atoms with Gasteiger partial charge in [0.25, 0.3) is 0 Å². The van der Waals surface area contributed by atoms with Gasteiger partial charge in [0.1, 0.15) is 0 Å². The molecule has 18 heavy (non-hydrogen) atoms. The Hall–Kier alpha value is -0.610. The average molecular weight is 256 g/mol. The molecule has 0 aromatic heterocycles. The van der Waals surface area contributed by atoms with Gasteiger partial charge < -0.3 is 15.7 Å². The van der Waals surface area contributed by atoms with Crippen molar-refractivity contribution in [1.29, 1.82) is 0 Å². The molecule has 0 bridgehead atoms. The van der Waals surface area contributed by atoms with Crippen LogP contribution in [0.15, 0.2) is 0 Å². The minimum atomic E-state index is -0.737. The van der Waals surface area contributed by atoms with Crippen LogP contribution in [0.1, 0.15) is 46.5 Å². The van der Waals surface area contributed by atoms with E-state index in [-0.39, 0.29) is 17.2 Å². The summed E-state index contributed by atoms with van der Waals surface area (Å²) < 4.78 is 0. The lowest BCUT2D eigenvalue weighted by Crippen LogP contribution is -2.45. The molecule has 1 amide bonds. The number of nitrogens with two attached hydrogens (primary N) is 1. The van der Waals surface area contributed by atoms with Gasteiger partial charge in [0.15, 0.2) is 0 Å². The Balaban J connectivity index is 2.50. The summed E-state index contributed by atoms with van der Waals surface area (Å²) in [4.78, 5) is 14.1. The third kappa shape index (κ3) is 4.25. The Morgan fingerprint density at radius 3 is 2.28 bits per heavy atom. The fourth-order valence-corrected chi connectivity index (χ4v) is 2.71. The van der Waals surface area contributed by atoms with Crippen LogP contribution in [0, 0.1) is 11.3 Å². The first-order valence-corrected chi connectivity index (χ1v) is 6.84. The van der Waals surface area contributed by atoms with Gasteiger partial charge in [-0.15, -0.1) is 0 Å². The van der Waals surface area contributed by atoms with E-state index in [4.69, 9.17) is 5.73 Å². The molecule has 0 saturated heterocycles. The van der Waals surface area contributed by atoms with Gasteiger partial charge in [-0.1, -0.05) is 20.8 Å². The van der Waals surface area contributed by atoms with Gasteiger partial charge in [0, 0.05) is 26.1 Å². The summed E-state index contributed by atoms with van der Waals surface area (Å²) in [6.07, 6.45) is 2.79. The molecule has 3 N–H and O–H groups in total. The van der Waals surface area contributed by atoms with Crippen molar-refractivity contribution in [2.75, 3.05) is 20.1 Å². The zero-order valence-corrected chi connectivity index (χ0v) is 12.2. The van der Waals surface area contributed by atoms with E-state index in [1.165, 1.54) is 0 Å². The maximum atomic E-state index is 12.3. The summed E-state index contributed by atoms with van der Waals surface area (Å²) in [6.45, 7) is 7.45. The number of rotatable bonds is 3. The lowest BCUT2D eigenvalue weighted by Gasteiger charge is -2.37. The van der Waals surface area contributed by atoms with Crippen molar-refractivity contribution in [2.45, 2.75) is 52.1 Å². The highest BCUT2D eigenvalue weighted by Gasteiger charge is 2.36. The third-order valence-electron chi connectivity index (χ3n) is 3.73. The van der Waals surface area contributed by atoms with Crippen LogP contribution >= 0.6 is 0 Å². The first-order valence-electron chi connectivity index (χ1n) is 6.84. The van der Waals surface area contributed by atoms with E-state index in [0.717, 1.165) is 19.4 Å². The molecule has 0 radical (unpaired) electrons. The summed E-state index contributed by atoms with van der Waals surface area (Å²) in [5, 5.41) is 10.1. The van der Waals surface area contributed by atoms with E-state index < -0.39 is 5.60 Å². The summed E-state index contributed by atoms with van der Waals surface area (Å²) in [5.41, 5.74) is 4.94. The maximum Gasteiger partial charge on any atom is 0.225 e. The highest BCUT2D eigenvalue weighted by molar-refractivity contribution is 5.78. The number of hydrogen-bond donors (Lipinski definition) is 2. The van der Waals surface area contributed by atoms with Crippen LogP contribution in [-0.4, -0.2) is 41.7 Å². The number of amides is 1. The summed E-state index contributed by atoms with van der Waals surface area (Å²) in [5.74, 6) is 0.271. The number of carbonyl (C=O) groups excluding carboxylic acids is 1. The van der Waals surface area contributed by atoms with Crippen LogP contribution in [0.5, 0.6) is 0 Å². The number of hydrogen-bond acceptors (Lipinski definition) is 3. The Kier molecular flexibility index (Phi) is 4.78. The van der Waals surface area contributed by atoms with Gasteiger partial charge >= 0.3 is 0 Å². The number of aliphatic hydroxyl groups is 1. The molecule has 0 aromatic rings. The van der Waals surface area contributed by atoms with Gasteiger partial charge in [-0.25, -0.2) is 0 Å². The van der Waals surface area contributed by atoms with E-state index in [1.54, 1.807) is 0 Å². The molecular formula is C14H28N2O2. The molecule has 0 atom stereocenters. The monoisotopic (exact) mass is 256 g/mol. The smallest absolute Gasteiger partial charge is 0.225 e. The van der Waals surface area contributed by atoms with Crippen LogP contribution in [0.25, 0.3) is 0 Å². The Morgan fingerprint density at radius 2 is 1.89 bits per heavy atom. The normalized spacial score (nSPS) is 29.1. The summed E-state index contributed by atoms with van der Waals surface area (Å²) in [6, 6.07) is 0. The SMILES string of the molecule is CN(CC(C)(C)C)C(=O)C1CCC(O)(CN)CC1. The highest BCUT2D eigenvalue weighted by Crippen LogP contribution is 2.32. The number of nitrogens with zero attached hydrogens (tertiary/aromatic N) is 1. The fraction of sp³-hybridized carbons (Fsp3) is 0.929. The van der Waals surface area contributed by atoms with E-state index in [0.29, 0.717) is 19.4 Å². The van der Waals surface area contributed by atoms with Crippen LogP contribution in [0.4, 0.5) is 0 Å². The van der Waals surface area contributed by atoms with Crippen molar-refractivity contribution < 1.29 is 9.90 Å². The lowest BCUT2D eigenvalue weighted by atomic mass is 9.78. The molecule has 0 unspecified atom stereocenters. The third-order valence-corrected chi connectivity index (χ3v) is 3.73. The highest BCUT2D eigenvalue weighted by atomic mass is 16.3. The van der Waals surface area contributed by atoms with Gasteiger partial charge in [-0.2, -0.15) is 0 Å². The maximum absolute atomic E-state index is 12.3. The molecule has 1 rings (SSSR count). The predicted molar refractivity (Wildman–Crippen MR) is 73.1 cm³/mol. The fourth-order valence-electron chi connectivity index (χ4n) is 2.71. The van der Waals surface area contributed by atoms with E-state index in [2.05, 4.69) is 20.8 Å². The lowest BCUT2D eigenvalue weighted by molar-refractivity contribution is -0.138. The van der Waals surface area contributed by atoms with Crippen molar-refractivity contribution in [3.05, 3.63) is 0 Å². The molecule has 4 heteroatoms. The predicted octanol–water partition coefficient (Wildman–Crippen LogP) is 1.37. The molecule has 1 aliphatic carbocycles. The Bertz CT molecular complexity index is 289. The van der Waals surface area contributed by atoms with Crippen molar-refractivity contribution in [3.8, 4) is 0 Å². The largest absolute Gasteiger partial charge is 0.389 e. The second-order valence-electron chi connectivity index (χ2n) is 6.96. The van der Waals surface area contributed by atoms with Crippen LogP contribution in [-0.2, 0) is 4.79 Å². The average Bonchev–Trinajstić information content (AvgIpc) is 2.27. The molecule has 106 valence electrons. The second-order valence-corrected chi connectivity index (χ2v) is 6.96. The van der Waals surface area contributed by atoms with Crippen molar-refractivity contribution in [2.24, 2.45) is 17.1 Å². The topological polar surface area (TPSA) is 66.6 Å². The zero-order valence-electron chi connectivity index (χ0n) is 12.2. The molecule has 1 saturated carbocycles. The second kappa shape index (κ2) is 5.57. The number of carbonyl (C=O) groups is 1. The van der Waals surface area contributed by atoms with Crippen LogP contribution in [0.2, 0.25) is 0 Å². The quantitative estimate of drug-likeness (QED) is 0.801. The molecule has 0 aliphatic heterocycles. The molecule has 4 nitrogen and oxygen atoms in total. The first-order chi connectivity index (χ1) is 8.17. The molecule has 0 aromatic carbocycles. The molecular weight excluding hydrogens is 228 g/mol. The van der Waals surface area contributed by atoms with Crippen LogP contribution in [0.3, 0.4) is 0 Å². The van der Waals surface area contributed by atoms with Gasteiger partial charge in [-0.3, -0.25) is 4.79 Å². The van der Waals surface area contributed by atoms with Crippen molar-refractivity contribution in [1.82, 2.24) is 4.90 Å². The van der Waals surface area contributed by atoms with Crippen molar-refractivity contribution >= 4 is 5.91 Å². The molecule has 1 fully saturated rings. The van der Waals surface area contributed by atoms with E-state index >= 15 is 0 Å². The first kappa shape index (κ1) is 15.4. The Labute approximate surface area is 111 Å². The molecule has 1 aliphatic rings.